The Labute approximate surface area is 133 Å². The van der Waals surface area contributed by atoms with Gasteiger partial charge in [-0.05, 0) is 43.4 Å². The van der Waals surface area contributed by atoms with E-state index in [0.29, 0.717) is 13.0 Å². The first-order chi connectivity index (χ1) is 10.3. The van der Waals surface area contributed by atoms with Gasteiger partial charge in [0.05, 0.1) is 34.3 Å². The fourth-order valence-electron chi connectivity index (χ4n) is 2.12. The monoisotopic (exact) mass is 309 g/mol. The maximum Gasteiger partial charge on any atom is 0.320 e. The zero-order valence-corrected chi connectivity index (χ0v) is 13.9. The summed E-state index contributed by atoms with van der Waals surface area (Å²) in [4.78, 5) is 10.7. The highest BCUT2D eigenvalue weighted by Gasteiger charge is 2.11. The first-order valence-electron chi connectivity index (χ1n) is 7.78. The van der Waals surface area contributed by atoms with E-state index in [0.717, 1.165) is 22.2 Å². The van der Waals surface area contributed by atoms with Gasteiger partial charge in [0.2, 0.25) is 0 Å². The highest BCUT2D eigenvalue weighted by molar-refractivity contribution is 5.73. The van der Waals surface area contributed by atoms with Crippen LogP contribution < -0.4 is 10.5 Å². The number of nitrogens with two attached hydrogens (primary N) is 1. The minimum atomic E-state index is -0.978. The standard InChI is InChI=1S/C17H28N2O3/c1-19(2,3)11-5-4-6-12-22-15-9-7-14(8-10-15)13-16(18)17(20)21/h7-10,16H,4-6,11-13,18H2,1-3H3/p+1/t16-/m0/s1. The van der Waals surface area contributed by atoms with Gasteiger partial charge in [0.1, 0.15) is 11.8 Å². The summed E-state index contributed by atoms with van der Waals surface area (Å²) in [7, 11) is 6.61. The highest BCUT2D eigenvalue weighted by atomic mass is 16.5. The third kappa shape index (κ3) is 8.00. The van der Waals surface area contributed by atoms with Crippen LogP contribution >= 0.6 is 0 Å². The lowest BCUT2D eigenvalue weighted by molar-refractivity contribution is -0.870. The van der Waals surface area contributed by atoms with E-state index >= 15 is 0 Å². The number of aliphatic carboxylic acids is 1. The highest BCUT2D eigenvalue weighted by Crippen LogP contribution is 2.14. The Kier molecular flexibility index (Phi) is 7.35. The van der Waals surface area contributed by atoms with E-state index in [1.165, 1.54) is 19.4 Å². The molecule has 1 rings (SSSR count). The van der Waals surface area contributed by atoms with Crippen molar-refractivity contribution >= 4 is 5.97 Å². The van der Waals surface area contributed by atoms with Crippen LogP contribution in [0.2, 0.25) is 0 Å². The topological polar surface area (TPSA) is 72.5 Å². The molecule has 0 bridgehead atoms. The maximum absolute atomic E-state index is 10.7. The van der Waals surface area contributed by atoms with Gasteiger partial charge in [0.25, 0.3) is 0 Å². The van der Waals surface area contributed by atoms with Gasteiger partial charge in [0, 0.05) is 0 Å². The molecule has 22 heavy (non-hydrogen) atoms. The second kappa shape index (κ2) is 8.76. The van der Waals surface area contributed by atoms with Crippen molar-refractivity contribution in [3.05, 3.63) is 29.8 Å². The van der Waals surface area contributed by atoms with Gasteiger partial charge in [-0.2, -0.15) is 0 Å². The normalized spacial score (nSPS) is 12.9. The molecule has 1 aromatic carbocycles. The zero-order valence-electron chi connectivity index (χ0n) is 13.9. The van der Waals surface area contributed by atoms with Gasteiger partial charge in [-0.3, -0.25) is 4.79 Å². The fourth-order valence-corrected chi connectivity index (χ4v) is 2.12. The summed E-state index contributed by atoms with van der Waals surface area (Å²) >= 11 is 0. The lowest BCUT2D eigenvalue weighted by Gasteiger charge is -2.23. The second-order valence-corrected chi connectivity index (χ2v) is 6.72. The number of nitrogens with zero attached hydrogens (tertiary/aromatic N) is 1. The van der Waals surface area contributed by atoms with Crippen LogP contribution in [0.15, 0.2) is 24.3 Å². The zero-order chi connectivity index (χ0) is 16.6. The molecule has 0 heterocycles. The van der Waals surface area contributed by atoms with Crippen molar-refractivity contribution in [2.75, 3.05) is 34.3 Å². The van der Waals surface area contributed by atoms with Crippen molar-refractivity contribution in [3.63, 3.8) is 0 Å². The van der Waals surface area contributed by atoms with E-state index in [9.17, 15) is 4.79 Å². The molecule has 0 radical (unpaired) electrons. The summed E-state index contributed by atoms with van der Waals surface area (Å²) in [5.41, 5.74) is 6.42. The van der Waals surface area contributed by atoms with E-state index in [-0.39, 0.29) is 0 Å². The third-order valence-corrected chi connectivity index (χ3v) is 3.44. The average molecular weight is 309 g/mol. The van der Waals surface area contributed by atoms with Crippen molar-refractivity contribution in [2.45, 2.75) is 31.7 Å². The molecule has 0 unspecified atom stereocenters. The van der Waals surface area contributed by atoms with Crippen molar-refractivity contribution in [1.29, 1.82) is 0 Å². The Morgan fingerprint density at radius 2 is 1.82 bits per heavy atom. The Morgan fingerprint density at radius 1 is 1.18 bits per heavy atom. The summed E-state index contributed by atoms with van der Waals surface area (Å²) in [5.74, 6) is -0.159. The first-order valence-corrected chi connectivity index (χ1v) is 7.78. The predicted octanol–water partition coefficient (Wildman–Crippen LogP) is 1.90. The van der Waals surface area contributed by atoms with Crippen LogP contribution in [0.1, 0.15) is 24.8 Å². The molecule has 0 saturated heterocycles. The Bertz CT molecular complexity index is 452. The summed E-state index contributed by atoms with van der Waals surface area (Å²) in [6, 6.07) is 6.63. The molecule has 0 fully saturated rings. The van der Waals surface area contributed by atoms with E-state index < -0.39 is 12.0 Å². The van der Waals surface area contributed by atoms with Crippen molar-refractivity contribution in [1.82, 2.24) is 0 Å². The number of benzene rings is 1. The van der Waals surface area contributed by atoms with Crippen molar-refractivity contribution < 1.29 is 19.1 Å². The van der Waals surface area contributed by atoms with Crippen molar-refractivity contribution in [3.8, 4) is 5.75 Å². The molecule has 1 atom stereocenters. The molecule has 1 aromatic rings. The van der Waals surface area contributed by atoms with E-state index in [1.807, 2.05) is 24.3 Å². The fraction of sp³-hybridized carbons (Fsp3) is 0.588. The van der Waals surface area contributed by atoms with E-state index in [1.54, 1.807) is 0 Å². The number of carboxylic acid groups (broad SMARTS) is 1. The molecule has 124 valence electrons. The Hall–Kier alpha value is -1.59. The van der Waals surface area contributed by atoms with Crippen LogP contribution in [0.3, 0.4) is 0 Å². The SMILES string of the molecule is C[N+](C)(C)CCCCCOc1ccc(C[C@H](N)C(=O)O)cc1. The van der Waals surface area contributed by atoms with Gasteiger partial charge in [-0.1, -0.05) is 12.1 Å². The first kappa shape index (κ1) is 18.5. The minimum Gasteiger partial charge on any atom is -0.494 e. The van der Waals surface area contributed by atoms with Crippen LogP contribution in [-0.4, -0.2) is 55.9 Å². The molecule has 0 saturated carbocycles. The molecule has 0 spiro atoms. The van der Waals surface area contributed by atoms with Gasteiger partial charge in [-0.25, -0.2) is 0 Å². The van der Waals surface area contributed by atoms with Crippen LogP contribution in [0.5, 0.6) is 5.75 Å². The molecule has 5 heteroatoms. The van der Waals surface area contributed by atoms with E-state index in [4.69, 9.17) is 15.6 Å². The molecule has 0 aromatic heterocycles. The number of ether oxygens (including phenoxy) is 1. The number of hydrogen-bond acceptors (Lipinski definition) is 3. The summed E-state index contributed by atoms with van der Waals surface area (Å²) in [6.07, 6.45) is 3.76. The van der Waals surface area contributed by atoms with Gasteiger partial charge >= 0.3 is 5.97 Å². The number of unbranched alkanes of at least 4 members (excludes halogenated alkanes) is 2. The van der Waals surface area contributed by atoms with Crippen LogP contribution in [-0.2, 0) is 11.2 Å². The smallest absolute Gasteiger partial charge is 0.320 e. The lowest BCUT2D eigenvalue weighted by Crippen LogP contribution is -2.35. The van der Waals surface area contributed by atoms with Crippen LogP contribution in [0, 0.1) is 0 Å². The molecule has 0 amide bonds. The summed E-state index contributed by atoms with van der Waals surface area (Å²) < 4.78 is 6.69. The predicted molar refractivity (Wildman–Crippen MR) is 88.0 cm³/mol. The Morgan fingerprint density at radius 3 is 2.36 bits per heavy atom. The molecular weight excluding hydrogens is 280 g/mol. The molecule has 0 aliphatic rings. The molecular formula is C17H29N2O3+. The van der Waals surface area contributed by atoms with Gasteiger partial charge in [-0.15, -0.1) is 0 Å². The Balaban J connectivity index is 2.23. The quantitative estimate of drug-likeness (QED) is 0.511. The maximum atomic E-state index is 10.7. The second-order valence-electron chi connectivity index (χ2n) is 6.72. The van der Waals surface area contributed by atoms with Crippen LogP contribution in [0.4, 0.5) is 0 Å². The number of rotatable bonds is 10. The van der Waals surface area contributed by atoms with E-state index in [2.05, 4.69) is 21.1 Å². The number of carboxylic acids is 1. The molecule has 0 aliphatic heterocycles. The minimum absolute atomic E-state index is 0.334. The molecule has 3 N–H and O–H groups in total. The summed E-state index contributed by atoms with van der Waals surface area (Å²) in [6.45, 7) is 1.89. The number of quaternary nitrogens is 1. The van der Waals surface area contributed by atoms with Gasteiger partial charge < -0.3 is 20.1 Å². The lowest BCUT2D eigenvalue weighted by atomic mass is 10.1. The average Bonchev–Trinajstić information content (AvgIpc) is 2.43. The van der Waals surface area contributed by atoms with Crippen LogP contribution in [0.25, 0.3) is 0 Å². The summed E-state index contributed by atoms with van der Waals surface area (Å²) in [5, 5.41) is 8.78. The number of carbonyl (C=O) groups is 1. The third-order valence-electron chi connectivity index (χ3n) is 3.44. The largest absolute Gasteiger partial charge is 0.494 e. The number of hydrogen-bond donors (Lipinski definition) is 2. The molecule has 0 aliphatic carbocycles. The molecule has 5 nitrogen and oxygen atoms in total. The van der Waals surface area contributed by atoms with Crippen molar-refractivity contribution in [2.24, 2.45) is 5.73 Å². The van der Waals surface area contributed by atoms with Gasteiger partial charge in [0.15, 0.2) is 0 Å².